The molecule has 0 radical (unpaired) electrons. The van der Waals surface area contributed by atoms with E-state index >= 15 is 0 Å². The fourth-order valence-electron chi connectivity index (χ4n) is 3.32. The topological polar surface area (TPSA) is 64.7 Å². The average Bonchev–Trinajstić information content (AvgIpc) is 3.21. The molecular formula is C17H21N7. The molecule has 4 heterocycles. The van der Waals surface area contributed by atoms with Gasteiger partial charge in [-0.15, -0.1) is 0 Å². The third kappa shape index (κ3) is 2.82. The number of rotatable bonds is 4. The normalized spacial score (nSPS) is 17.8. The van der Waals surface area contributed by atoms with Crippen LogP contribution in [0, 0.1) is 6.92 Å². The molecule has 0 fully saturated rings. The predicted octanol–water partition coefficient (Wildman–Crippen LogP) is 1.80. The maximum Gasteiger partial charge on any atom is 0.137 e. The maximum absolute atomic E-state index is 4.67. The summed E-state index contributed by atoms with van der Waals surface area (Å²) in [5, 5.41) is 4.18. The van der Waals surface area contributed by atoms with E-state index in [4.69, 9.17) is 0 Å². The van der Waals surface area contributed by atoms with E-state index in [0.29, 0.717) is 6.54 Å². The highest BCUT2D eigenvalue weighted by Crippen LogP contribution is 2.26. The molecule has 3 aromatic heterocycles. The maximum atomic E-state index is 4.67. The van der Waals surface area contributed by atoms with Gasteiger partial charge >= 0.3 is 0 Å². The second-order valence-electron chi connectivity index (χ2n) is 6.27. The van der Waals surface area contributed by atoms with Gasteiger partial charge in [0.1, 0.15) is 18.5 Å². The highest BCUT2D eigenvalue weighted by atomic mass is 15.3. The second kappa shape index (κ2) is 6.16. The molecule has 4 rings (SSSR count). The lowest BCUT2D eigenvalue weighted by atomic mass is 10.2. The minimum atomic E-state index is 0.269. The van der Waals surface area contributed by atoms with Crippen LogP contribution in [-0.4, -0.2) is 40.7 Å². The van der Waals surface area contributed by atoms with E-state index in [1.807, 2.05) is 23.9 Å². The van der Waals surface area contributed by atoms with Gasteiger partial charge in [0, 0.05) is 25.3 Å². The van der Waals surface area contributed by atoms with Crippen molar-refractivity contribution in [1.82, 2.24) is 34.2 Å². The quantitative estimate of drug-likeness (QED) is 0.732. The molecule has 0 bridgehead atoms. The largest absolute Gasteiger partial charge is 0.328 e. The number of aryl methyl sites for hydroxylation is 1. The van der Waals surface area contributed by atoms with E-state index in [-0.39, 0.29) is 6.04 Å². The van der Waals surface area contributed by atoms with Gasteiger partial charge in [-0.25, -0.2) is 14.6 Å². The van der Waals surface area contributed by atoms with Crippen LogP contribution in [0.4, 0.5) is 0 Å². The number of aromatic nitrogens is 6. The van der Waals surface area contributed by atoms with E-state index in [2.05, 4.69) is 48.6 Å². The summed E-state index contributed by atoms with van der Waals surface area (Å²) in [7, 11) is 0. The molecule has 0 aromatic carbocycles. The number of hydrogen-bond donors (Lipinski definition) is 0. The number of pyridine rings is 1. The Morgan fingerprint density at radius 2 is 2.12 bits per heavy atom. The molecule has 1 aliphatic heterocycles. The Hall–Kier alpha value is -2.54. The van der Waals surface area contributed by atoms with Gasteiger partial charge in [-0.1, -0.05) is 6.07 Å². The number of nitrogens with zero attached hydrogens (tertiary/aromatic N) is 7. The first-order chi connectivity index (χ1) is 11.7. The van der Waals surface area contributed by atoms with Gasteiger partial charge in [0.25, 0.3) is 0 Å². The number of hydrogen-bond acceptors (Lipinski definition) is 5. The first-order valence-corrected chi connectivity index (χ1v) is 8.24. The molecule has 7 heteroatoms. The van der Waals surface area contributed by atoms with Crippen molar-refractivity contribution in [3.8, 4) is 0 Å². The average molecular weight is 323 g/mol. The molecule has 124 valence electrons. The summed E-state index contributed by atoms with van der Waals surface area (Å²) < 4.78 is 4.14. The summed E-state index contributed by atoms with van der Waals surface area (Å²) in [6, 6.07) is 6.47. The molecule has 0 N–H and O–H groups in total. The van der Waals surface area contributed by atoms with Crippen LogP contribution in [0.1, 0.15) is 35.9 Å². The predicted molar refractivity (Wildman–Crippen MR) is 89.2 cm³/mol. The van der Waals surface area contributed by atoms with Crippen LogP contribution in [0.3, 0.4) is 0 Å². The van der Waals surface area contributed by atoms with Gasteiger partial charge < -0.3 is 4.57 Å². The summed E-state index contributed by atoms with van der Waals surface area (Å²) in [6.45, 7) is 7.74. The van der Waals surface area contributed by atoms with Crippen LogP contribution < -0.4 is 0 Å². The van der Waals surface area contributed by atoms with Crippen molar-refractivity contribution in [3.05, 3.63) is 60.0 Å². The molecule has 0 unspecified atom stereocenters. The van der Waals surface area contributed by atoms with Crippen molar-refractivity contribution >= 4 is 0 Å². The summed E-state index contributed by atoms with van der Waals surface area (Å²) in [5.41, 5.74) is 3.36. The third-order valence-corrected chi connectivity index (χ3v) is 4.60. The van der Waals surface area contributed by atoms with Crippen molar-refractivity contribution in [1.29, 1.82) is 0 Å². The van der Waals surface area contributed by atoms with Crippen molar-refractivity contribution in [2.45, 2.75) is 39.5 Å². The van der Waals surface area contributed by atoms with Crippen molar-refractivity contribution < 1.29 is 0 Å². The summed E-state index contributed by atoms with van der Waals surface area (Å²) in [5.74, 6) is 1.11. The minimum Gasteiger partial charge on any atom is -0.328 e. The molecule has 0 aliphatic carbocycles. The Morgan fingerprint density at radius 1 is 1.21 bits per heavy atom. The first kappa shape index (κ1) is 15.0. The lowest BCUT2D eigenvalue weighted by Crippen LogP contribution is -2.37. The van der Waals surface area contributed by atoms with Crippen LogP contribution >= 0.6 is 0 Å². The first-order valence-electron chi connectivity index (χ1n) is 8.24. The van der Waals surface area contributed by atoms with Crippen LogP contribution in [0.15, 0.2) is 37.1 Å². The second-order valence-corrected chi connectivity index (χ2v) is 6.27. The molecule has 7 nitrogen and oxygen atoms in total. The van der Waals surface area contributed by atoms with Gasteiger partial charge in [0.2, 0.25) is 0 Å². The summed E-state index contributed by atoms with van der Waals surface area (Å²) in [4.78, 5) is 15.7. The summed E-state index contributed by atoms with van der Waals surface area (Å²) in [6.07, 6.45) is 5.26. The van der Waals surface area contributed by atoms with Gasteiger partial charge in [-0.05, 0) is 26.0 Å². The van der Waals surface area contributed by atoms with Gasteiger partial charge in [0.15, 0.2) is 0 Å². The fourth-order valence-corrected chi connectivity index (χ4v) is 3.32. The standard InChI is InChI=1S/C17H21N7/c1-13-4-3-5-15(21-13)9-22-6-7-24-16(8-19-17(24)14(22)2)10-23-12-18-11-20-23/h3-5,8,11-12,14H,6-7,9-10H2,1-2H3/t14-/m0/s1. The molecule has 3 aromatic rings. The van der Waals surface area contributed by atoms with E-state index in [0.717, 1.165) is 36.8 Å². The third-order valence-electron chi connectivity index (χ3n) is 4.60. The monoisotopic (exact) mass is 323 g/mol. The Bertz CT molecular complexity index is 821. The zero-order chi connectivity index (χ0) is 16.5. The van der Waals surface area contributed by atoms with Crippen molar-refractivity contribution in [3.63, 3.8) is 0 Å². The zero-order valence-corrected chi connectivity index (χ0v) is 14.0. The van der Waals surface area contributed by atoms with Gasteiger partial charge in [-0.2, -0.15) is 5.10 Å². The van der Waals surface area contributed by atoms with E-state index in [1.165, 1.54) is 5.69 Å². The Kier molecular flexibility index (Phi) is 3.86. The molecule has 1 aliphatic rings. The fraction of sp³-hybridized carbons (Fsp3) is 0.412. The van der Waals surface area contributed by atoms with Crippen LogP contribution in [0.25, 0.3) is 0 Å². The minimum absolute atomic E-state index is 0.269. The number of imidazole rings is 1. The van der Waals surface area contributed by atoms with E-state index in [1.54, 1.807) is 12.7 Å². The molecular weight excluding hydrogens is 302 g/mol. The molecule has 0 saturated carbocycles. The Morgan fingerprint density at radius 3 is 2.92 bits per heavy atom. The molecule has 24 heavy (non-hydrogen) atoms. The molecule has 0 amide bonds. The van der Waals surface area contributed by atoms with E-state index in [9.17, 15) is 0 Å². The van der Waals surface area contributed by atoms with Crippen LogP contribution in [0.2, 0.25) is 0 Å². The highest BCUT2D eigenvalue weighted by molar-refractivity contribution is 5.14. The zero-order valence-electron chi connectivity index (χ0n) is 14.0. The van der Waals surface area contributed by atoms with Gasteiger partial charge in [-0.3, -0.25) is 9.88 Å². The Labute approximate surface area is 141 Å². The van der Waals surface area contributed by atoms with E-state index < -0.39 is 0 Å². The molecule has 1 atom stereocenters. The summed E-state index contributed by atoms with van der Waals surface area (Å²) >= 11 is 0. The Balaban J connectivity index is 1.53. The SMILES string of the molecule is Cc1cccc(CN2CCn3c(Cn4cncn4)cnc3[C@@H]2C)n1. The molecule has 0 spiro atoms. The van der Waals surface area contributed by atoms with Crippen molar-refractivity contribution in [2.75, 3.05) is 6.54 Å². The number of fused-ring (bicyclic) bond motifs is 1. The highest BCUT2D eigenvalue weighted by Gasteiger charge is 2.27. The lowest BCUT2D eigenvalue weighted by molar-refractivity contribution is 0.153. The lowest BCUT2D eigenvalue weighted by Gasteiger charge is -2.34. The smallest absolute Gasteiger partial charge is 0.137 e. The van der Waals surface area contributed by atoms with Crippen LogP contribution in [-0.2, 0) is 19.6 Å². The molecule has 0 saturated heterocycles. The van der Waals surface area contributed by atoms with Gasteiger partial charge in [0.05, 0.1) is 30.2 Å². The van der Waals surface area contributed by atoms with Crippen LogP contribution in [0.5, 0.6) is 0 Å². The van der Waals surface area contributed by atoms with Crippen molar-refractivity contribution in [2.24, 2.45) is 0 Å².